The van der Waals surface area contributed by atoms with Crippen molar-refractivity contribution in [2.45, 2.75) is 225 Å². The Balaban J connectivity index is 4.55. The molecule has 0 saturated heterocycles. The standard InChI is InChI=1S/C46H83NO5/c1-4-7-10-13-16-19-21-22-23-24-25-27-30-33-36-39-46(51)52-42(37-34-31-28-18-15-12-9-6-3)40-45(50)47-43(41-48)44(49)38-35-32-29-26-20-17-14-11-8-5-2/h7,10,13,16,19,21-23,42-44,48-49H,4-6,8-9,11-12,14-15,17-18,20,24-41H2,1-3H3,(H,47,50)/b10-7+,16-13+,21-19+,23-22-. The van der Waals surface area contributed by atoms with Gasteiger partial charge in [0.15, 0.2) is 0 Å². The SMILES string of the molecule is CC/C=C/C=C/C=C/C=C\CCCCCCCC(=O)OC(CCCCCCCCCC)CC(=O)NC(CO)C(O)CCCCCCCCCCCC. The van der Waals surface area contributed by atoms with Crippen LogP contribution in [0.1, 0.15) is 207 Å². The number of unbranched alkanes of at least 4 members (excludes halogenated alkanes) is 21. The molecule has 0 saturated carbocycles. The summed E-state index contributed by atoms with van der Waals surface area (Å²) in [5, 5.41) is 23.5. The van der Waals surface area contributed by atoms with Gasteiger partial charge in [-0.3, -0.25) is 9.59 Å². The molecule has 302 valence electrons. The summed E-state index contributed by atoms with van der Waals surface area (Å²) < 4.78 is 5.87. The van der Waals surface area contributed by atoms with E-state index >= 15 is 0 Å². The molecule has 0 aromatic carbocycles. The lowest BCUT2D eigenvalue weighted by Crippen LogP contribution is -2.46. The maximum absolute atomic E-state index is 13.1. The fourth-order valence-corrected chi connectivity index (χ4v) is 6.44. The highest BCUT2D eigenvalue weighted by Gasteiger charge is 2.24. The number of esters is 1. The molecule has 3 N–H and O–H groups in total. The van der Waals surface area contributed by atoms with Crippen LogP contribution in [0.4, 0.5) is 0 Å². The minimum atomic E-state index is -0.787. The summed E-state index contributed by atoms with van der Waals surface area (Å²) in [6.45, 7) is 6.29. The van der Waals surface area contributed by atoms with Gasteiger partial charge in [-0.25, -0.2) is 0 Å². The number of carbonyl (C=O) groups excluding carboxylic acids is 2. The van der Waals surface area contributed by atoms with Crippen LogP contribution < -0.4 is 5.32 Å². The van der Waals surface area contributed by atoms with Gasteiger partial charge in [0.2, 0.25) is 5.91 Å². The van der Waals surface area contributed by atoms with Crippen molar-refractivity contribution in [3.8, 4) is 0 Å². The molecule has 0 aromatic heterocycles. The van der Waals surface area contributed by atoms with E-state index in [9.17, 15) is 19.8 Å². The van der Waals surface area contributed by atoms with E-state index in [1.807, 2.05) is 18.2 Å². The van der Waals surface area contributed by atoms with Crippen LogP contribution in [0.25, 0.3) is 0 Å². The third-order valence-corrected chi connectivity index (χ3v) is 9.77. The van der Waals surface area contributed by atoms with Crippen molar-refractivity contribution in [2.24, 2.45) is 0 Å². The Labute approximate surface area is 321 Å². The molecule has 0 aromatic rings. The molecule has 0 aliphatic heterocycles. The van der Waals surface area contributed by atoms with Gasteiger partial charge in [0, 0.05) is 6.42 Å². The van der Waals surface area contributed by atoms with Gasteiger partial charge in [0.05, 0.1) is 25.2 Å². The summed E-state index contributed by atoms with van der Waals surface area (Å²) in [5.41, 5.74) is 0. The average Bonchev–Trinajstić information content (AvgIpc) is 3.13. The van der Waals surface area contributed by atoms with Gasteiger partial charge in [-0.15, -0.1) is 0 Å². The highest BCUT2D eigenvalue weighted by atomic mass is 16.5. The van der Waals surface area contributed by atoms with Gasteiger partial charge in [-0.05, 0) is 44.9 Å². The van der Waals surface area contributed by atoms with Gasteiger partial charge in [0.1, 0.15) is 6.10 Å². The Morgan fingerprint density at radius 3 is 1.58 bits per heavy atom. The molecule has 0 heterocycles. The Morgan fingerprint density at radius 2 is 1.04 bits per heavy atom. The second kappa shape index (κ2) is 40.0. The Morgan fingerprint density at radius 1 is 0.577 bits per heavy atom. The predicted octanol–water partition coefficient (Wildman–Crippen LogP) is 12.3. The Kier molecular flexibility index (Phi) is 38.3. The van der Waals surface area contributed by atoms with E-state index in [1.165, 1.54) is 77.0 Å². The predicted molar refractivity (Wildman–Crippen MR) is 222 cm³/mol. The second-order valence-electron chi connectivity index (χ2n) is 14.8. The largest absolute Gasteiger partial charge is 0.462 e. The van der Waals surface area contributed by atoms with Crippen LogP contribution in [0, 0.1) is 0 Å². The average molecular weight is 730 g/mol. The molecule has 0 bridgehead atoms. The molecular weight excluding hydrogens is 647 g/mol. The molecule has 0 radical (unpaired) electrons. The lowest BCUT2D eigenvalue weighted by Gasteiger charge is -2.24. The van der Waals surface area contributed by atoms with Crippen LogP contribution >= 0.6 is 0 Å². The number of hydrogen-bond donors (Lipinski definition) is 3. The molecule has 1 amide bonds. The van der Waals surface area contributed by atoms with Gasteiger partial charge < -0.3 is 20.3 Å². The summed E-state index contributed by atoms with van der Waals surface area (Å²) in [6, 6.07) is -0.701. The topological polar surface area (TPSA) is 95.9 Å². The summed E-state index contributed by atoms with van der Waals surface area (Å²) in [7, 11) is 0. The Bertz CT molecular complexity index is 910. The van der Waals surface area contributed by atoms with Gasteiger partial charge in [-0.1, -0.05) is 198 Å². The van der Waals surface area contributed by atoms with Gasteiger partial charge in [-0.2, -0.15) is 0 Å². The maximum atomic E-state index is 13.1. The normalized spacial score (nSPS) is 13.9. The van der Waals surface area contributed by atoms with Crippen LogP contribution in [-0.2, 0) is 14.3 Å². The van der Waals surface area contributed by atoms with Crippen molar-refractivity contribution < 1.29 is 24.5 Å². The smallest absolute Gasteiger partial charge is 0.306 e. The minimum Gasteiger partial charge on any atom is -0.462 e. The van der Waals surface area contributed by atoms with Crippen LogP contribution in [0.3, 0.4) is 0 Å². The summed E-state index contributed by atoms with van der Waals surface area (Å²) in [6.07, 6.45) is 46.0. The highest BCUT2D eigenvalue weighted by molar-refractivity contribution is 5.77. The van der Waals surface area contributed by atoms with E-state index in [0.29, 0.717) is 19.3 Å². The molecule has 3 unspecified atom stereocenters. The zero-order chi connectivity index (χ0) is 38.2. The van der Waals surface area contributed by atoms with E-state index in [4.69, 9.17) is 4.74 Å². The lowest BCUT2D eigenvalue weighted by atomic mass is 10.0. The quantitative estimate of drug-likeness (QED) is 0.0334. The van der Waals surface area contributed by atoms with Crippen molar-refractivity contribution in [1.82, 2.24) is 5.32 Å². The van der Waals surface area contributed by atoms with Crippen molar-refractivity contribution in [3.05, 3.63) is 48.6 Å². The van der Waals surface area contributed by atoms with Crippen molar-refractivity contribution >= 4 is 11.9 Å². The molecule has 6 heteroatoms. The van der Waals surface area contributed by atoms with Crippen molar-refractivity contribution in [2.75, 3.05) is 6.61 Å². The molecule has 0 aliphatic carbocycles. The highest BCUT2D eigenvalue weighted by Crippen LogP contribution is 2.17. The van der Waals surface area contributed by atoms with E-state index in [-0.39, 0.29) is 24.9 Å². The van der Waals surface area contributed by atoms with Gasteiger partial charge in [0.25, 0.3) is 0 Å². The Hall–Kier alpha value is -2.18. The van der Waals surface area contributed by atoms with Crippen molar-refractivity contribution in [1.29, 1.82) is 0 Å². The summed E-state index contributed by atoms with van der Waals surface area (Å²) in [4.78, 5) is 25.9. The molecule has 0 aliphatic rings. The second-order valence-corrected chi connectivity index (χ2v) is 14.8. The number of ether oxygens (including phenoxy) is 1. The van der Waals surface area contributed by atoms with E-state index < -0.39 is 18.2 Å². The zero-order valence-electron chi connectivity index (χ0n) is 34.2. The first-order valence-corrected chi connectivity index (χ1v) is 21.9. The number of rotatable bonds is 38. The molecule has 0 spiro atoms. The molecule has 3 atom stereocenters. The first-order chi connectivity index (χ1) is 25.5. The molecular formula is C46H83NO5. The number of amides is 1. The summed E-state index contributed by atoms with van der Waals surface area (Å²) >= 11 is 0. The maximum Gasteiger partial charge on any atom is 0.306 e. The van der Waals surface area contributed by atoms with Crippen molar-refractivity contribution in [3.63, 3.8) is 0 Å². The molecule has 52 heavy (non-hydrogen) atoms. The zero-order valence-corrected chi connectivity index (χ0v) is 34.2. The number of nitrogens with one attached hydrogen (secondary N) is 1. The third kappa shape index (κ3) is 34.9. The fraction of sp³-hybridized carbons (Fsp3) is 0.783. The minimum absolute atomic E-state index is 0.0681. The third-order valence-electron chi connectivity index (χ3n) is 9.77. The number of aliphatic hydroxyl groups is 2. The number of hydrogen-bond acceptors (Lipinski definition) is 5. The van der Waals surface area contributed by atoms with Crippen LogP contribution in [0.5, 0.6) is 0 Å². The molecule has 0 rings (SSSR count). The fourth-order valence-electron chi connectivity index (χ4n) is 6.44. The van der Waals surface area contributed by atoms with Crippen LogP contribution in [-0.4, -0.2) is 46.9 Å². The lowest BCUT2D eigenvalue weighted by molar-refractivity contribution is -0.151. The number of allylic oxidation sites excluding steroid dienone is 8. The van der Waals surface area contributed by atoms with Crippen LogP contribution in [0.15, 0.2) is 48.6 Å². The van der Waals surface area contributed by atoms with E-state index in [2.05, 4.69) is 56.5 Å². The van der Waals surface area contributed by atoms with Crippen LogP contribution in [0.2, 0.25) is 0 Å². The van der Waals surface area contributed by atoms with Gasteiger partial charge >= 0.3 is 5.97 Å². The van der Waals surface area contributed by atoms with E-state index in [0.717, 1.165) is 83.5 Å². The number of aliphatic hydroxyl groups excluding tert-OH is 2. The first-order valence-electron chi connectivity index (χ1n) is 21.9. The monoisotopic (exact) mass is 730 g/mol. The molecule has 0 fully saturated rings. The molecule has 6 nitrogen and oxygen atoms in total. The van der Waals surface area contributed by atoms with E-state index in [1.54, 1.807) is 0 Å². The first kappa shape index (κ1) is 49.8. The summed E-state index contributed by atoms with van der Waals surface area (Å²) in [5.74, 6) is -0.505. The number of carbonyl (C=O) groups is 2.